The number of rotatable bonds is 2. The summed E-state index contributed by atoms with van der Waals surface area (Å²) in [4.78, 5) is 4.48. The van der Waals surface area contributed by atoms with Crippen LogP contribution in [0.5, 0.6) is 0 Å². The number of hydrogen-bond acceptors (Lipinski definition) is 3. The predicted molar refractivity (Wildman–Crippen MR) is 89.8 cm³/mol. The molecule has 112 valence electrons. The van der Waals surface area contributed by atoms with Gasteiger partial charge in [0.1, 0.15) is 5.65 Å². The van der Waals surface area contributed by atoms with Crippen molar-refractivity contribution in [3.8, 4) is 0 Å². The van der Waals surface area contributed by atoms with Crippen molar-refractivity contribution < 1.29 is 0 Å². The summed E-state index contributed by atoms with van der Waals surface area (Å²) in [5.41, 5.74) is 6.01. The van der Waals surface area contributed by atoms with E-state index in [2.05, 4.69) is 34.3 Å². The molecule has 0 bridgehead atoms. The lowest BCUT2D eigenvalue weighted by Gasteiger charge is -2.05. The van der Waals surface area contributed by atoms with E-state index in [9.17, 15) is 0 Å². The fourth-order valence-electron chi connectivity index (χ4n) is 2.67. The van der Waals surface area contributed by atoms with Gasteiger partial charge in [0, 0.05) is 6.20 Å². The second-order valence-corrected chi connectivity index (χ2v) is 5.98. The number of halogens is 1. The maximum absolute atomic E-state index is 6.06. The first-order valence-corrected chi connectivity index (χ1v) is 7.47. The first kappa shape index (κ1) is 14.7. The van der Waals surface area contributed by atoms with Crippen molar-refractivity contribution in [2.45, 2.75) is 27.7 Å². The number of fused-ring (bicyclic) bond motifs is 1. The van der Waals surface area contributed by atoms with Gasteiger partial charge in [0.25, 0.3) is 0 Å². The van der Waals surface area contributed by atoms with E-state index in [-0.39, 0.29) is 0 Å². The zero-order chi connectivity index (χ0) is 15.9. The van der Waals surface area contributed by atoms with Gasteiger partial charge in [-0.25, -0.2) is 4.98 Å². The van der Waals surface area contributed by atoms with Crippen LogP contribution in [0.2, 0.25) is 5.02 Å². The first-order chi connectivity index (χ1) is 10.5. The van der Waals surface area contributed by atoms with Crippen LogP contribution in [-0.2, 0) is 0 Å². The molecule has 3 aromatic rings. The molecule has 0 spiro atoms. The van der Waals surface area contributed by atoms with Crippen molar-refractivity contribution in [2.24, 2.45) is 10.2 Å². The highest BCUT2D eigenvalue weighted by atomic mass is 35.5. The highest BCUT2D eigenvalue weighted by Crippen LogP contribution is 2.29. The molecule has 0 aliphatic rings. The summed E-state index contributed by atoms with van der Waals surface area (Å²) in [6, 6.07) is 7.91. The second kappa shape index (κ2) is 5.54. The SMILES string of the molecule is Cc1cc(C)c(N=Nc2c(C)nc3ccc(Cl)cn23)c(C)c1. The molecule has 0 atom stereocenters. The first-order valence-electron chi connectivity index (χ1n) is 7.09. The van der Waals surface area contributed by atoms with Gasteiger partial charge in [-0.2, -0.15) is 0 Å². The molecule has 0 N–H and O–H groups in total. The van der Waals surface area contributed by atoms with Crippen LogP contribution in [0.25, 0.3) is 5.65 Å². The zero-order valence-electron chi connectivity index (χ0n) is 13.1. The minimum atomic E-state index is 0.643. The lowest BCUT2D eigenvalue weighted by Crippen LogP contribution is -1.84. The number of hydrogen-bond donors (Lipinski definition) is 0. The molecule has 0 aliphatic heterocycles. The fourth-order valence-corrected chi connectivity index (χ4v) is 2.83. The van der Waals surface area contributed by atoms with Crippen molar-refractivity contribution in [2.75, 3.05) is 0 Å². The smallest absolute Gasteiger partial charge is 0.182 e. The van der Waals surface area contributed by atoms with Gasteiger partial charge >= 0.3 is 0 Å². The third-order valence-corrected chi connectivity index (χ3v) is 3.83. The molecule has 3 rings (SSSR count). The number of nitrogens with zero attached hydrogens (tertiary/aromatic N) is 4. The fraction of sp³-hybridized carbons (Fsp3) is 0.235. The van der Waals surface area contributed by atoms with Gasteiger partial charge in [-0.3, -0.25) is 4.40 Å². The summed E-state index contributed by atoms with van der Waals surface area (Å²) in [5, 5.41) is 9.52. The van der Waals surface area contributed by atoms with Crippen LogP contribution >= 0.6 is 11.6 Å². The highest BCUT2D eigenvalue weighted by Gasteiger charge is 2.09. The Morgan fingerprint density at radius 3 is 2.36 bits per heavy atom. The van der Waals surface area contributed by atoms with E-state index in [1.165, 1.54) is 5.56 Å². The Balaban J connectivity index is 2.10. The maximum atomic E-state index is 6.06. The van der Waals surface area contributed by atoms with Crippen molar-refractivity contribution in [1.29, 1.82) is 0 Å². The summed E-state index contributed by atoms with van der Waals surface area (Å²) in [5.74, 6) is 0.705. The standard InChI is InChI=1S/C17H17ClN4/c1-10-7-11(2)16(12(3)8-10)20-21-17-13(4)19-15-6-5-14(18)9-22(15)17/h5-9H,1-4H3. The van der Waals surface area contributed by atoms with Crippen LogP contribution in [0.3, 0.4) is 0 Å². The van der Waals surface area contributed by atoms with Gasteiger partial charge in [0.2, 0.25) is 0 Å². The van der Waals surface area contributed by atoms with Gasteiger partial charge in [-0.05, 0) is 51.0 Å². The molecule has 0 amide bonds. The van der Waals surface area contributed by atoms with Gasteiger partial charge in [-0.1, -0.05) is 29.3 Å². The quantitative estimate of drug-likeness (QED) is 0.565. The Kier molecular flexibility index (Phi) is 3.71. The third-order valence-electron chi connectivity index (χ3n) is 3.61. The summed E-state index contributed by atoms with van der Waals surface area (Å²) >= 11 is 6.06. The van der Waals surface area contributed by atoms with Crippen LogP contribution < -0.4 is 0 Å². The molecule has 22 heavy (non-hydrogen) atoms. The van der Waals surface area contributed by atoms with E-state index >= 15 is 0 Å². The van der Waals surface area contributed by atoms with Crippen molar-refractivity contribution >= 4 is 28.8 Å². The number of aromatic nitrogens is 2. The van der Waals surface area contributed by atoms with E-state index in [1.54, 1.807) is 6.20 Å². The summed E-state index contributed by atoms with van der Waals surface area (Å²) < 4.78 is 1.86. The highest BCUT2D eigenvalue weighted by molar-refractivity contribution is 6.30. The molecule has 0 fully saturated rings. The Labute approximate surface area is 134 Å². The lowest BCUT2D eigenvalue weighted by atomic mass is 10.1. The number of azo groups is 1. The van der Waals surface area contributed by atoms with E-state index in [4.69, 9.17) is 11.6 Å². The Hall–Kier alpha value is -2.20. The van der Waals surface area contributed by atoms with Gasteiger partial charge < -0.3 is 0 Å². The summed E-state index contributed by atoms with van der Waals surface area (Å²) in [7, 11) is 0. The van der Waals surface area contributed by atoms with Gasteiger partial charge in [-0.15, -0.1) is 10.2 Å². The number of imidazole rings is 1. The van der Waals surface area contributed by atoms with Crippen molar-refractivity contribution in [3.05, 3.63) is 57.9 Å². The van der Waals surface area contributed by atoms with Gasteiger partial charge in [0.15, 0.2) is 5.82 Å². The van der Waals surface area contributed by atoms with E-state index in [1.807, 2.05) is 37.3 Å². The monoisotopic (exact) mass is 312 g/mol. The molecule has 4 nitrogen and oxygen atoms in total. The topological polar surface area (TPSA) is 42.0 Å². The van der Waals surface area contributed by atoms with Gasteiger partial charge in [0.05, 0.1) is 16.4 Å². The van der Waals surface area contributed by atoms with Crippen LogP contribution in [0.15, 0.2) is 40.7 Å². The van der Waals surface area contributed by atoms with Crippen LogP contribution in [0, 0.1) is 27.7 Å². The maximum Gasteiger partial charge on any atom is 0.182 e. The average Bonchev–Trinajstić information content (AvgIpc) is 2.73. The lowest BCUT2D eigenvalue weighted by molar-refractivity contribution is 1.08. The third kappa shape index (κ3) is 2.62. The molecular weight excluding hydrogens is 296 g/mol. The minimum absolute atomic E-state index is 0.643. The normalized spacial score (nSPS) is 11.7. The molecule has 2 aromatic heterocycles. The molecule has 2 heterocycles. The summed E-state index contributed by atoms with van der Waals surface area (Å²) in [6.07, 6.45) is 1.81. The zero-order valence-corrected chi connectivity index (χ0v) is 13.8. The number of aryl methyl sites for hydroxylation is 4. The molecule has 1 aromatic carbocycles. The molecule has 0 aliphatic carbocycles. The van der Waals surface area contributed by atoms with E-state index in [0.29, 0.717) is 10.8 Å². The Bertz CT molecular complexity index is 870. The molecule has 0 unspecified atom stereocenters. The van der Waals surface area contributed by atoms with Crippen LogP contribution in [0.1, 0.15) is 22.4 Å². The van der Waals surface area contributed by atoms with Crippen LogP contribution in [-0.4, -0.2) is 9.38 Å². The number of benzene rings is 1. The van der Waals surface area contributed by atoms with Crippen molar-refractivity contribution in [3.63, 3.8) is 0 Å². The molecule has 0 radical (unpaired) electrons. The Morgan fingerprint density at radius 2 is 1.68 bits per heavy atom. The van der Waals surface area contributed by atoms with Crippen molar-refractivity contribution in [1.82, 2.24) is 9.38 Å². The predicted octanol–water partition coefficient (Wildman–Crippen LogP) is 5.64. The second-order valence-electron chi connectivity index (χ2n) is 5.54. The van der Waals surface area contributed by atoms with E-state index in [0.717, 1.165) is 28.2 Å². The minimum Gasteiger partial charge on any atom is -0.281 e. The molecular formula is C17H17ClN4. The molecule has 0 saturated heterocycles. The molecule has 0 saturated carbocycles. The Morgan fingerprint density at radius 1 is 1.00 bits per heavy atom. The largest absolute Gasteiger partial charge is 0.281 e. The summed E-state index contributed by atoms with van der Waals surface area (Å²) in [6.45, 7) is 8.10. The van der Waals surface area contributed by atoms with Crippen LogP contribution in [0.4, 0.5) is 11.5 Å². The number of pyridine rings is 1. The average molecular weight is 313 g/mol. The van der Waals surface area contributed by atoms with E-state index < -0.39 is 0 Å². The molecule has 5 heteroatoms.